The van der Waals surface area contributed by atoms with Crippen LogP contribution in [0.5, 0.6) is 0 Å². The van der Waals surface area contributed by atoms with E-state index in [1.165, 1.54) is 12.1 Å². The second kappa shape index (κ2) is 4.65. The Labute approximate surface area is 90.3 Å². The van der Waals surface area contributed by atoms with E-state index in [2.05, 4.69) is 5.32 Å². The lowest BCUT2D eigenvalue weighted by molar-refractivity contribution is -0.134. The van der Waals surface area contributed by atoms with Crippen molar-refractivity contribution in [2.75, 3.05) is 11.9 Å². The highest BCUT2D eigenvalue weighted by Crippen LogP contribution is 2.23. The zero-order chi connectivity index (χ0) is 11.4. The number of aromatic carboxylic acids is 1. The predicted octanol–water partition coefficient (Wildman–Crippen LogP) is 1.53. The Hall–Kier alpha value is -1.75. The van der Waals surface area contributed by atoms with Crippen LogP contribution in [0.4, 0.5) is 5.69 Å². The molecule has 1 aromatic rings. The highest BCUT2D eigenvalue weighted by atomic mass is 35.5. The van der Waals surface area contributed by atoms with E-state index in [-0.39, 0.29) is 22.8 Å². The summed E-state index contributed by atoms with van der Waals surface area (Å²) in [7, 11) is 0. The Bertz CT molecular complexity index is 405. The molecular weight excluding hydrogens is 222 g/mol. The maximum absolute atomic E-state index is 10.8. The van der Waals surface area contributed by atoms with Crippen LogP contribution in [-0.4, -0.2) is 28.7 Å². The molecule has 0 unspecified atom stereocenters. The first-order valence-corrected chi connectivity index (χ1v) is 4.37. The summed E-state index contributed by atoms with van der Waals surface area (Å²) < 4.78 is 0. The number of hydrogen-bond acceptors (Lipinski definition) is 3. The van der Waals surface area contributed by atoms with Gasteiger partial charge >= 0.3 is 11.9 Å². The fraction of sp³-hybridized carbons (Fsp3) is 0.111. The van der Waals surface area contributed by atoms with Crippen molar-refractivity contribution in [3.8, 4) is 0 Å². The van der Waals surface area contributed by atoms with Gasteiger partial charge in [-0.1, -0.05) is 17.7 Å². The van der Waals surface area contributed by atoms with Crippen molar-refractivity contribution in [2.45, 2.75) is 0 Å². The Balaban J connectivity index is 3.01. The summed E-state index contributed by atoms with van der Waals surface area (Å²) in [5, 5.41) is 19.8. The number of carboxylic acid groups (broad SMARTS) is 2. The third-order valence-electron chi connectivity index (χ3n) is 1.66. The van der Waals surface area contributed by atoms with Crippen molar-refractivity contribution < 1.29 is 19.8 Å². The number of hydrogen-bond donors (Lipinski definition) is 3. The highest BCUT2D eigenvalue weighted by Gasteiger charge is 2.14. The predicted molar refractivity (Wildman–Crippen MR) is 54.5 cm³/mol. The van der Waals surface area contributed by atoms with Gasteiger partial charge in [-0.15, -0.1) is 0 Å². The van der Waals surface area contributed by atoms with Gasteiger partial charge in [-0.25, -0.2) is 4.79 Å². The second-order valence-electron chi connectivity index (χ2n) is 2.71. The minimum Gasteiger partial charge on any atom is -0.480 e. The summed E-state index contributed by atoms with van der Waals surface area (Å²) >= 11 is 5.67. The van der Waals surface area contributed by atoms with E-state index < -0.39 is 11.9 Å². The molecule has 6 heteroatoms. The fourth-order valence-electron chi connectivity index (χ4n) is 1.06. The summed E-state index contributed by atoms with van der Waals surface area (Å²) in [5.74, 6) is -2.28. The minimum atomic E-state index is -1.20. The quantitative estimate of drug-likeness (QED) is 0.729. The molecule has 0 heterocycles. The van der Waals surface area contributed by atoms with Crippen LogP contribution in [0.25, 0.3) is 0 Å². The van der Waals surface area contributed by atoms with E-state index in [9.17, 15) is 9.59 Å². The van der Waals surface area contributed by atoms with E-state index in [1.807, 2.05) is 0 Å². The van der Waals surface area contributed by atoms with Crippen molar-refractivity contribution in [3.05, 3.63) is 28.8 Å². The van der Waals surface area contributed by atoms with E-state index in [0.717, 1.165) is 0 Å². The molecule has 0 spiro atoms. The standard InChI is InChI=1S/C9H8ClNO4/c10-5-2-1-3-6(8(5)9(14)15)11-4-7(12)13/h1-3,11H,4H2,(H,12,13)(H,14,15). The van der Waals surface area contributed by atoms with Crippen LogP contribution in [0.2, 0.25) is 5.02 Å². The molecule has 0 aliphatic rings. The lowest BCUT2D eigenvalue weighted by Crippen LogP contribution is -2.15. The van der Waals surface area contributed by atoms with Crippen LogP contribution in [0.15, 0.2) is 18.2 Å². The maximum Gasteiger partial charge on any atom is 0.339 e. The maximum atomic E-state index is 10.8. The summed E-state index contributed by atoms with van der Waals surface area (Å²) in [4.78, 5) is 21.1. The average Bonchev–Trinajstić information content (AvgIpc) is 2.13. The summed E-state index contributed by atoms with van der Waals surface area (Å²) in [5.41, 5.74) is 0.0674. The van der Waals surface area contributed by atoms with Crippen LogP contribution in [-0.2, 0) is 4.79 Å². The largest absolute Gasteiger partial charge is 0.480 e. The molecule has 0 amide bonds. The molecule has 0 saturated heterocycles. The van der Waals surface area contributed by atoms with E-state index in [0.29, 0.717) is 0 Å². The van der Waals surface area contributed by atoms with Gasteiger partial charge in [-0.3, -0.25) is 4.79 Å². The van der Waals surface area contributed by atoms with E-state index in [4.69, 9.17) is 21.8 Å². The molecular formula is C9H8ClNO4. The van der Waals surface area contributed by atoms with Gasteiger partial charge in [0.15, 0.2) is 0 Å². The molecule has 3 N–H and O–H groups in total. The Kier molecular flexibility index (Phi) is 3.51. The molecule has 1 aromatic carbocycles. The number of halogens is 1. The van der Waals surface area contributed by atoms with Crippen LogP contribution < -0.4 is 5.32 Å². The van der Waals surface area contributed by atoms with Gasteiger partial charge in [0.25, 0.3) is 0 Å². The highest BCUT2D eigenvalue weighted by molar-refractivity contribution is 6.34. The number of aliphatic carboxylic acids is 1. The molecule has 0 fully saturated rings. The number of nitrogens with one attached hydrogen (secondary N) is 1. The number of benzene rings is 1. The fourth-order valence-corrected chi connectivity index (χ4v) is 1.32. The summed E-state index contributed by atoms with van der Waals surface area (Å²) in [6, 6.07) is 4.42. The number of carbonyl (C=O) groups is 2. The van der Waals surface area contributed by atoms with Gasteiger partial charge in [0, 0.05) is 0 Å². The molecule has 0 aliphatic heterocycles. The number of rotatable bonds is 4. The van der Waals surface area contributed by atoms with E-state index >= 15 is 0 Å². The van der Waals surface area contributed by atoms with Gasteiger partial charge in [0.2, 0.25) is 0 Å². The van der Waals surface area contributed by atoms with Gasteiger partial charge in [0.05, 0.1) is 10.7 Å². The average molecular weight is 230 g/mol. The Morgan fingerprint density at radius 1 is 1.33 bits per heavy atom. The van der Waals surface area contributed by atoms with Gasteiger partial charge in [0.1, 0.15) is 12.1 Å². The van der Waals surface area contributed by atoms with Crippen molar-refractivity contribution >= 4 is 29.2 Å². The monoisotopic (exact) mass is 229 g/mol. The van der Waals surface area contributed by atoms with Crippen molar-refractivity contribution in [1.82, 2.24) is 0 Å². The third-order valence-corrected chi connectivity index (χ3v) is 1.97. The Morgan fingerprint density at radius 2 is 2.00 bits per heavy atom. The molecule has 80 valence electrons. The molecule has 0 aliphatic carbocycles. The zero-order valence-electron chi connectivity index (χ0n) is 7.53. The normalized spacial score (nSPS) is 9.67. The molecule has 0 radical (unpaired) electrons. The lowest BCUT2D eigenvalue weighted by Gasteiger charge is -2.08. The third kappa shape index (κ3) is 2.85. The number of carboxylic acids is 2. The first kappa shape index (κ1) is 11.3. The van der Waals surface area contributed by atoms with Crippen LogP contribution in [0.3, 0.4) is 0 Å². The van der Waals surface area contributed by atoms with Gasteiger partial charge in [-0.2, -0.15) is 0 Å². The van der Waals surface area contributed by atoms with Crippen molar-refractivity contribution in [1.29, 1.82) is 0 Å². The molecule has 15 heavy (non-hydrogen) atoms. The van der Waals surface area contributed by atoms with Crippen LogP contribution in [0.1, 0.15) is 10.4 Å². The minimum absolute atomic E-state index is 0.0675. The topological polar surface area (TPSA) is 86.6 Å². The molecule has 5 nitrogen and oxygen atoms in total. The molecule has 0 saturated carbocycles. The van der Waals surface area contributed by atoms with Crippen molar-refractivity contribution in [2.24, 2.45) is 0 Å². The molecule has 1 rings (SSSR count). The van der Waals surface area contributed by atoms with Gasteiger partial charge < -0.3 is 15.5 Å². The second-order valence-corrected chi connectivity index (χ2v) is 3.12. The Morgan fingerprint density at radius 3 is 2.53 bits per heavy atom. The summed E-state index contributed by atoms with van der Waals surface area (Å²) in [6.07, 6.45) is 0. The van der Waals surface area contributed by atoms with Crippen LogP contribution >= 0.6 is 11.6 Å². The molecule has 0 atom stereocenters. The first-order chi connectivity index (χ1) is 7.02. The number of anilines is 1. The molecule has 0 bridgehead atoms. The SMILES string of the molecule is O=C(O)CNc1cccc(Cl)c1C(=O)O. The van der Waals surface area contributed by atoms with Crippen LogP contribution in [0, 0.1) is 0 Å². The smallest absolute Gasteiger partial charge is 0.339 e. The lowest BCUT2D eigenvalue weighted by atomic mass is 10.2. The molecule has 0 aromatic heterocycles. The summed E-state index contributed by atoms with van der Waals surface area (Å²) in [6.45, 7) is -0.360. The van der Waals surface area contributed by atoms with E-state index in [1.54, 1.807) is 6.07 Å². The zero-order valence-corrected chi connectivity index (χ0v) is 8.28. The van der Waals surface area contributed by atoms with Crippen molar-refractivity contribution in [3.63, 3.8) is 0 Å². The van der Waals surface area contributed by atoms with Gasteiger partial charge in [-0.05, 0) is 12.1 Å². The first-order valence-electron chi connectivity index (χ1n) is 4.00.